The van der Waals surface area contributed by atoms with E-state index < -0.39 is 11.5 Å². The first-order chi connectivity index (χ1) is 8.90. The van der Waals surface area contributed by atoms with E-state index in [1.54, 1.807) is 18.2 Å². The third kappa shape index (κ3) is 3.39. The topological polar surface area (TPSA) is 66.6 Å². The zero-order valence-electron chi connectivity index (χ0n) is 10.4. The van der Waals surface area contributed by atoms with E-state index in [9.17, 15) is 9.90 Å². The van der Waals surface area contributed by atoms with Crippen LogP contribution in [0.4, 0.5) is 0 Å². The molecular weight excluding hydrogens is 287 g/mol. The molecule has 4 nitrogen and oxygen atoms in total. The van der Waals surface area contributed by atoms with Gasteiger partial charge >= 0.3 is 0 Å². The number of β-amino-alcohol motifs (C(OH)–C–C–N with tert-alkyl or cyclic N) is 1. The van der Waals surface area contributed by atoms with Crippen molar-refractivity contribution >= 4 is 29.1 Å². The van der Waals surface area contributed by atoms with Crippen LogP contribution < -0.4 is 5.73 Å². The van der Waals surface area contributed by atoms with E-state index in [0.29, 0.717) is 23.0 Å². The van der Waals surface area contributed by atoms with Crippen molar-refractivity contribution in [3.8, 4) is 0 Å². The number of carbonyl (C=O) groups excluding carboxylic acids is 1. The lowest BCUT2D eigenvalue weighted by Gasteiger charge is -2.37. The largest absolute Gasteiger partial charge is 0.379 e. The molecule has 0 aromatic heterocycles. The summed E-state index contributed by atoms with van der Waals surface area (Å²) in [5, 5.41) is 11.4. The zero-order chi connectivity index (χ0) is 14.0. The summed E-state index contributed by atoms with van der Waals surface area (Å²) in [6.45, 7) is 1.55. The lowest BCUT2D eigenvalue weighted by atomic mass is 9.92. The van der Waals surface area contributed by atoms with Gasteiger partial charge in [-0.05, 0) is 43.1 Å². The highest BCUT2D eigenvalue weighted by Gasteiger charge is 2.38. The summed E-state index contributed by atoms with van der Waals surface area (Å²) in [7, 11) is 0. The first-order valence-electron chi connectivity index (χ1n) is 6.09. The summed E-state index contributed by atoms with van der Waals surface area (Å²) in [5.74, 6) is -0.672. The third-order valence-corrected chi connectivity index (χ3v) is 4.01. The Balaban J connectivity index is 2.11. The Morgan fingerprint density at radius 2 is 2.21 bits per heavy atom. The molecule has 1 amide bonds. The summed E-state index contributed by atoms with van der Waals surface area (Å²) in [4.78, 5) is 13.3. The molecule has 1 fully saturated rings. The molecule has 1 saturated heterocycles. The van der Waals surface area contributed by atoms with E-state index in [1.807, 2.05) is 4.90 Å². The maximum atomic E-state index is 11.3. The minimum atomic E-state index is -1.44. The SMILES string of the molecule is NC(=O)C1(O)CCCN(Cc2cc(Cl)ccc2Cl)C1. The summed E-state index contributed by atoms with van der Waals surface area (Å²) in [6.07, 6.45) is 1.12. The second-order valence-electron chi connectivity index (χ2n) is 4.95. The Morgan fingerprint density at radius 1 is 1.47 bits per heavy atom. The molecule has 1 unspecified atom stereocenters. The molecule has 0 aliphatic carbocycles. The summed E-state index contributed by atoms with van der Waals surface area (Å²) in [5.41, 5.74) is 4.68. The molecule has 3 N–H and O–H groups in total. The van der Waals surface area contributed by atoms with Crippen LogP contribution >= 0.6 is 23.2 Å². The van der Waals surface area contributed by atoms with E-state index in [2.05, 4.69) is 0 Å². The predicted molar refractivity (Wildman–Crippen MR) is 75.1 cm³/mol. The number of carbonyl (C=O) groups is 1. The van der Waals surface area contributed by atoms with Crippen molar-refractivity contribution in [2.45, 2.75) is 25.0 Å². The van der Waals surface area contributed by atoms with Gasteiger partial charge < -0.3 is 10.8 Å². The van der Waals surface area contributed by atoms with Gasteiger partial charge in [0.1, 0.15) is 0 Å². The first kappa shape index (κ1) is 14.6. The molecule has 0 spiro atoms. The monoisotopic (exact) mass is 302 g/mol. The van der Waals surface area contributed by atoms with E-state index in [0.717, 1.165) is 18.5 Å². The van der Waals surface area contributed by atoms with Gasteiger partial charge in [0.25, 0.3) is 5.91 Å². The molecule has 19 heavy (non-hydrogen) atoms. The smallest absolute Gasteiger partial charge is 0.250 e. The molecule has 1 aliphatic heterocycles. The van der Waals surface area contributed by atoms with E-state index >= 15 is 0 Å². The Morgan fingerprint density at radius 3 is 2.89 bits per heavy atom. The quantitative estimate of drug-likeness (QED) is 0.895. The van der Waals surface area contributed by atoms with Crippen molar-refractivity contribution in [3.63, 3.8) is 0 Å². The molecule has 0 bridgehead atoms. The Bertz CT molecular complexity index is 496. The van der Waals surface area contributed by atoms with Gasteiger partial charge in [0.2, 0.25) is 0 Å². The van der Waals surface area contributed by atoms with Gasteiger partial charge in [0, 0.05) is 23.1 Å². The van der Waals surface area contributed by atoms with Crippen LogP contribution in [0, 0.1) is 0 Å². The van der Waals surface area contributed by atoms with Crippen molar-refractivity contribution in [2.75, 3.05) is 13.1 Å². The summed E-state index contributed by atoms with van der Waals surface area (Å²) >= 11 is 12.0. The molecule has 1 aliphatic rings. The van der Waals surface area contributed by atoms with Crippen LogP contribution in [0.2, 0.25) is 10.0 Å². The van der Waals surface area contributed by atoms with Crippen LogP contribution in [-0.2, 0) is 11.3 Å². The van der Waals surface area contributed by atoms with Gasteiger partial charge in [0.05, 0.1) is 0 Å². The lowest BCUT2D eigenvalue weighted by Crippen LogP contribution is -2.55. The van der Waals surface area contributed by atoms with Gasteiger partial charge in [0.15, 0.2) is 5.60 Å². The molecule has 0 radical (unpaired) electrons. The van der Waals surface area contributed by atoms with Crippen LogP contribution in [0.3, 0.4) is 0 Å². The number of rotatable bonds is 3. The standard InChI is InChI=1S/C13H16Cl2N2O2/c14-10-2-3-11(15)9(6-10)7-17-5-1-4-13(19,8-17)12(16)18/h2-3,6,19H,1,4-5,7-8H2,(H2,16,18). The van der Waals surface area contributed by atoms with Crippen LogP contribution in [-0.4, -0.2) is 34.6 Å². The third-order valence-electron chi connectivity index (χ3n) is 3.41. The van der Waals surface area contributed by atoms with Crippen LogP contribution in [0.5, 0.6) is 0 Å². The van der Waals surface area contributed by atoms with Gasteiger partial charge in [-0.25, -0.2) is 0 Å². The number of piperidine rings is 1. The second kappa shape index (κ2) is 5.67. The van der Waals surface area contributed by atoms with Crippen molar-refractivity contribution in [1.29, 1.82) is 0 Å². The number of nitrogens with zero attached hydrogens (tertiary/aromatic N) is 1. The average molecular weight is 303 g/mol. The predicted octanol–water partition coefficient (Wildman–Crippen LogP) is 1.81. The molecule has 1 heterocycles. The summed E-state index contributed by atoms with van der Waals surface area (Å²) < 4.78 is 0. The number of hydrogen-bond acceptors (Lipinski definition) is 3. The van der Waals surface area contributed by atoms with Crippen molar-refractivity contribution < 1.29 is 9.90 Å². The number of amides is 1. The van der Waals surface area contributed by atoms with Gasteiger partial charge in [-0.3, -0.25) is 9.69 Å². The number of hydrogen-bond donors (Lipinski definition) is 2. The minimum absolute atomic E-state index is 0.227. The molecule has 6 heteroatoms. The second-order valence-corrected chi connectivity index (χ2v) is 5.79. The fourth-order valence-corrected chi connectivity index (χ4v) is 2.74. The fraction of sp³-hybridized carbons (Fsp3) is 0.462. The first-order valence-corrected chi connectivity index (χ1v) is 6.85. The van der Waals surface area contributed by atoms with Crippen molar-refractivity contribution in [2.24, 2.45) is 5.73 Å². The molecule has 2 rings (SSSR count). The molecule has 104 valence electrons. The maximum absolute atomic E-state index is 11.3. The van der Waals surface area contributed by atoms with Crippen molar-refractivity contribution in [3.05, 3.63) is 33.8 Å². The number of primary amides is 1. The Hall–Kier alpha value is -0.810. The van der Waals surface area contributed by atoms with Crippen LogP contribution in [0.1, 0.15) is 18.4 Å². The highest BCUT2D eigenvalue weighted by Crippen LogP contribution is 2.26. The Labute approximate surface area is 122 Å². The summed E-state index contributed by atoms with van der Waals surface area (Å²) in [6, 6.07) is 5.26. The number of likely N-dealkylation sites (tertiary alicyclic amines) is 1. The van der Waals surface area contributed by atoms with Gasteiger partial charge in [-0.2, -0.15) is 0 Å². The fourth-order valence-electron chi connectivity index (χ4n) is 2.36. The van der Waals surface area contributed by atoms with Crippen LogP contribution in [0.15, 0.2) is 18.2 Å². The molecule has 1 aromatic carbocycles. The number of aliphatic hydroxyl groups is 1. The normalized spacial score (nSPS) is 24.4. The molecule has 1 aromatic rings. The number of nitrogens with two attached hydrogens (primary N) is 1. The lowest BCUT2D eigenvalue weighted by molar-refractivity contribution is -0.142. The van der Waals surface area contributed by atoms with E-state index in [-0.39, 0.29) is 6.54 Å². The van der Waals surface area contributed by atoms with E-state index in [4.69, 9.17) is 28.9 Å². The zero-order valence-corrected chi connectivity index (χ0v) is 11.9. The van der Waals surface area contributed by atoms with Crippen molar-refractivity contribution in [1.82, 2.24) is 4.90 Å². The number of benzene rings is 1. The molecule has 1 atom stereocenters. The highest BCUT2D eigenvalue weighted by molar-refractivity contribution is 6.33. The van der Waals surface area contributed by atoms with Gasteiger partial charge in [-0.1, -0.05) is 23.2 Å². The molecule has 0 saturated carbocycles. The number of halogens is 2. The average Bonchev–Trinajstić information content (AvgIpc) is 2.34. The Kier molecular flexibility index (Phi) is 4.36. The van der Waals surface area contributed by atoms with Crippen LogP contribution in [0.25, 0.3) is 0 Å². The maximum Gasteiger partial charge on any atom is 0.250 e. The van der Waals surface area contributed by atoms with Gasteiger partial charge in [-0.15, -0.1) is 0 Å². The minimum Gasteiger partial charge on any atom is -0.379 e. The highest BCUT2D eigenvalue weighted by atomic mass is 35.5. The molecular formula is C13H16Cl2N2O2. The van der Waals surface area contributed by atoms with E-state index in [1.165, 1.54) is 0 Å².